The smallest absolute Gasteiger partial charge is 0.220 e. The Morgan fingerprint density at radius 1 is 1.46 bits per heavy atom. The second-order valence-corrected chi connectivity index (χ2v) is 3.70. The molecule has 1 saturated heterocycles. The lowest BCUT2D eigenvalue weighted by Gasteiger charge is -2.06. The van der Waals surface area contributed by atoms with Gasteiger partial charge in [-0.25, -0.2) is 0 Å². The summed E-state index contributed by atoms with van der Waals surface area (Å²) in [5.41, 5.74) is 1.14. The van der Waals surface area contributed by atoms with Gasteiger partial charge in [0.25, 0.3) is 0 Å². The zero-order chi connectivity index (χ0) is 9.26. The molecule has 1 N–H and O–H groups in total. The predicted molar refractivity (Wildman–Crippen MR) is 51.8 cm³/mol. The van der Waals surface area contributed by atoms with Crippen molar-refractivity contribution in [2.24, 2.45) is 0 Å². The van der Waals surface area contributed by atoms with E-state index in [0.29, 0.717) is 12.3 Å². The van der Waals surface area contributed by atoms with Crippen molar-refractivity contribution in [3.05, 3.63) is 34.9 Å². The number of hydrogen-bond acceptors (Lipinski definition) is 1. The molecule has 3 heteroatoms. The average molecular weight is 196 g/mol. The van der Waals surface area contributed by atoms with Gasteiger partial charge in [0.1, 0.15) is 0 Å². The monoisotopic (exact) mass is 195 g/mol. The molecule has 1 aromatic rings. The molecule has 68 valence electrons. The predicted octanol–water partition coefficient (Wildman–Crippen LogP) is 1.94. The van der Waals surface area contributed by atoms with Gasteiger partial charge in [0.2, 0.25) is 5.91 Å². The summed E-state index contributed by atoms with van der Waals surface area (Å²) in [6.45, 7) is 0.735. The summed E-state index contributed by atoms with van der Waals surface area (Å²) in [4.78, 5) is 11.0. The van der Waals surface area contributed by atoms with Crippen LogP contribution in [0.2, 0.25) is 5.02 Å². The maximum absolute atomic E-state index is 11.0. The topological polar surface area (TPSA) is 29.1 Å². The van der Waals surface area contributed by atoms with Crippen molar-refractivity contribution in [3.63, 3.8) is 0 Å². The van der Waals surface area contributed by atoms with E-state index in [4.69, 9.17) is 11.6 Å². The summed E-state index contributed by atoms with van der Waals surface area (Å²) >= 11 is 5.85. The minimum Gasteiger partial charge on any atom is -0.355 e. The standard InChI is InChI=1S/C10H10ClNO/c11-9-3-1-2-7(4-9)8-5-10(13)12-6-8/h1-4,8H,5-6H2,(H,12,13)/t8-/m1/s1. The number of rotatable bonds is 1. The van der Waals surface area contributed by atoms with E-state index >= 15 is 0 Å². The Morgan fingerprint density at radius 2 is 2.31 bits per heavy atom. The number of carbonyl (C=O) groups excluding carboxylic acids is 1. The van der Waals surface area contributed by atoms with Crippen LogP contribution in [0.5, 0.6) is 0 Å². The van der Waals surface area contributed by atoms with Gasteiger partial charge in [0, 0.05) is 23.9 Å². The van der Waals surface area contributed by atoms with Crippen molar-refractivity contribution in [2.75, 3.05) is 6.54 Å². The molecule has 0 aliphatic carbocycles. The summed E-state index contributed by atoms with van der Waals surface area (Å²) < 4.78 is 0. The van der Waals surface area contributed by atoms with Crippen molar-refractivity contribution in [1.29, 1.82) is 0 Å². The highest BCUT2D eigenvalue weighted by Gasteiger charge is 2.22. The van der Waals surface area contributed by atoms with Crippen molar-refractivity contribution < 1.29 is 4.79 Å². The highest BCUT2D eigenvalue weighted by molar-refractivity contribution is 6.30. The fourth-order valence-electron chi connectivity index (χ4n) is 1.60. The van der Waals surface area contributed by atoms with Gasteiger partial charge in [0.05, 0.1) is 0 Å². The Balaban J connectivity index is 2.21. The molecule has 2 nitrogen and oxygen atoms in total. The van der Waals surface area contributed by atoms with E-state index in [0.717, 1.165) is 17.1 Å². The first-order valence-electron chi connectivity index (χ1n) is 4.28. The van der Waals surface area contributed by atoms with Crippen molar-refractivity contribution in [2.45, 2.75) is 12.3 Å². The molecule has 1 atom stereocenters. The molecule has 13 heavy (non-hydrogen) atoms. The van der Waals surface area contributed by atoms with Crippen LogP contribution >= 0.6 is 11.6 Å². The third-order valence-electron chi connectivity index (χ3n) is 2.30. The Bertz CT molecular complexity index is 337. The first kappa shape index (κ1) is 8.57. The first-order valence-corrected chi connectivity index (χ1v) is 4.65. The molecule has 0 aromatic heterocycles. The fourth-order valence-corrected chi connectivity index (χ4v) is 1.80. The number of carbonyl (C=O) groups is 1. The maximum atomic E-state index is 11.0. The number of benzene rings is 1. The largest absolute Gasteiger partial charge is 0.355 e. The van der Waals surface area contributed by atoms with Gasteiger partial charge < -0.3 is 5.32 Å². The molecule has 1 heterocycles. The summed E-state index contributed by atoms with van der Waals surface area (Å²) in [6.07, 6.45) is 0.584. The SMILES string of the molecule is O=C1C[C@@H](c2cccc(Cl)c2)CN1. The zero-order valence-corrected chi connectivity index (χ0v) is 7.84. The van der Waals surface area contributed by atoms with E-state index in [2.05, 4.69) is 5.32 Å². The summed E-state index contributed by atoms with van der Waals surface area (Å²) in [6, 6.07) is 7.69. The Labute approximate surface area is 81.9 Å². The Kier molecular flexibility index (Phi) is 2.23. The van der Waals surface area contributed by atoms with Gasteiger partial charge in [-0.1, -0.05) is 23.7 Å². The molecule has 0 unspecified atom stereocenters. The molecular formula is C10H10ClNO. The quantitative estimate of drug-likeness (QED) is 0.729. The van der Waals surface area contributed by atoms with Crippen LogP contribution < -0.4 is 5.32 Å². The molecular weight excluding hydrogens is 186 g/mol. The fraction of sp³-hybridized carbons (Fsp3) is 0.300. The summed E-state index contributed by atoms with van der Waals surface area (Å²) in [5, 5.41) is 3.54. The normalized spacial score (nSPS) is 21.6. The molecule has 0 radical (unpaired) electrons. The van der Waals surface area contributed by atoms with Crippen LogP contribution in [0.1, 0.15) is 17.9 Å². The Morgan fingerprint density at radius 3 is 2.92 bits per heavy atom. The Hall–Kier alpha value is -1.02. The molecule has 1 fully saturated rings. The van der Waals surface area contributed by atoms with Gasteiger partial charge in [0.15, 0.2) is 0 Å². The molecule has 0 spiro atoms. The minimum atomic E-state index is 0.130. The van der Waals surface area contributed by atoms with E-state index in [1.807, 2.05) is 24.3 Å². The van der Waals surface area contributed by atoms with Crippen LogP contribution in [0, 0.1) is 0 Å². The first-order chi connectivity index (χ1) is 6.25. The highest BCUT2D eigenvalue weighted by atomic mass is 35.5. The van der Waals surface area contributed by atoms with Gasteiger partial charge in [-0.15, -0.1) is 0 Å². The van der Waals surface area contributed by atoms with E-state index in [1.54, 1.807) is 0 Å². The van der Waals surface area contributed by atoms with Gasteiger partial charge in [-0.2, -0.15) is 0 Å². The second kappa shape index (κ2) is 3.38. The molecule has 2 rings (SSSR count). The number of nitrogens with one attached hydrogen (secondary N) is 1. The lowest BCUT2D eigenvalue weighted by molar-refractivity contribution is -0.119. The van der Waals surface area contributed by atoms with E-state index in [-0.39, 0.29) is 5.91 Å². The molecule has 1 amide bonds. The average Bonchev–Trinajstić information content (AvgIpc) is 2.52. The van der Waals surface area contributed by atoms with Gasteiger partial charge in [-0.05, 0) is 17.7 Å². The van der Waals surface area contributed by atoms with Crippen LogP contribution in [0.3, 0.4) is 0 Å². The minimum absolute atomic E-state index is 0.130. The highest BCUT2D eigenvalue weighted by Crippen LogP contribution is 2.24. The summed E-state index contributed by atoms with van der Waals surface area (Å²) in [5.74, 6) is 0.427. The van der Waals surface area contributed by atoms with Gasteiger partial charge >= 0.3 is 0 Å². The second-order valence-electron chi connectivity index (χ2n) is 3.26. The van der Waals surface area contributed by atoms with E-state index in [1.165, 1.54) is 0 Å². The van der Waals surface area contributed by atoms with Crippen LogP contribution in [0.15, 0.2) is 24.3 Å². The summed E-state index contributed by atoms with van der Waals surface area (Å²) in [7, 11) is 0. The number of halogens is 1. The van der Waals surface area contributed by atoms with Crippen molar-refractivity contribution in [1.82, 2.24) is 5.32 Å². The molecule has 1 aliphatic heterocycles. The third-order valence-corrected chi connectivity index (χ3v) is 2.53. The molecule has 0 saturated carbocycles. The number of hydrogen-bond donors (Lipinski definition) is 1. The molecule has 0 bridgehead atoms. The zero-order valence-electron chi connectivity index (χ0n) is 7.09. The van der Waals surface area contributed by atoms with Crippen LogP contribution in [0.4, 0.5) is 0 Å². The molecule has 1 aliphatic rings. The molecule has 1 aromatic carbocycles. The van der Waals surface area contributed by atoms with E-state index in [9.17, 15) is 4.79 Å². The van der Waals surface area contributed by atoms with Crippen LogP contribution in [0.25, 0.3) is 0 Å². The maximum Gasteiger partial charge on any atom is 0.220 e. The van der Waals surface area contributed by atoms with Gasteiger partial charge in [-0.3, -0.25) is 4.79 Å². The van der Waals surface area contributed by atoms with Crippen LogP contribution in [-0.2, 0) is 4.79 Å². The van der Waals surface area contributed by atoms with Crippen molar-refractivity contribution >= 4 is 17.5 Å². The third kappa shape index (κ3) is 1.83. The van der Waals surface area contributed by atoms with E-state index < -0.39 is 0 Å². The lowest BCUT2D eigenvalue weighted by Crippen LogP contribution is -2.13. The number of amides is 1. The van der Waals surface area contributed by atoms with Crippen molar-refractivity contribution in [3.8, 4) is 0 Å². The van der Waals surface area contributed by atoms with Crippen LogP contribution in [-0.4, -0.2) is 12.5 Å². The lowest BCUT2D eigenvalue weighted by atomic mass is 9.99.